The molecule has 1 N–H and O–H groups in total. The molecule has 2 rings (SSSR count). The van der Waals surface area contributed by atoms with Crippen molar-refractivity contribution in [2.75, 3.05) is 23.4 Å². The standard InChI is InChI=1S/C8H10N4OS3/c1-5-11-12-7(16-5)10-6(13)4-15-8-9-2-3-14-8/h2-4H2,1H3,(H,10,12,13). The topological polar surface area (TPSA) is 67.2 Å². The number of carbonyl (C=O) groups excluding carboxylic acids is 1. The van der Waals surface area contributed by atoms with Crippen LogP contribution >= 0.6 is 34.9 Å². The van der Waals surface area contributed by atoms with Crippen molar-refractivity contribution in [3.63, 3.8) is 0 Å². The highest BCUT2D eigenvalue weighted by atomic mass is 32.2. The molecule has 0 atom stereocenters. The number of hydrogen-bond donors (Lipinski definition) is 1. The Kier molecular flexibility index (Phi) is 4.19. The number of anilines is 1. The minimum Gasteiger partial charge on any atom is -0.300 e. The Morgan fingerprint density at radius 2 is 2.44 bits per heavy atom. The Hall–Kier alpha value is -0.600. The van der Waals surface area contributed by atoms with E-state index in [4.69, 9.17) is 0 Å². The van der Waals surface area contributed by atoms with E-state index in [1.165, 1.54) is 23.1 Å². The van der Waals surface area contributed by atoms with Crippen LogP contribution in [0.3, 0.4) is 0 Å². The van der Waals surface area contributed by atoms with Crippen LogP contribution in [0.25, 0.3) is 0 Å². The molecule has 0 saturated heterocycles. The summed E-state index contributed by atoms with van der Waals surface area (Å²) >= 11 is 4.55. The molecule has 0 aromatic carbocycles. The molecular formula is C8H10N4OS3. The summed E-state index contributed by atoms with van der Waals surface area (Å²) in [5.74, 6) is 1.35. The van der Waals surface area contributed by atoms with Crippen LogP contribution in [0, 0.1) is 6.92 Å². The molecule has 1 aromatic rings. The molecule has 0 fully saturated rings. The third-order valence-electron chi connectivity index (χ3n) is 1.66. The van der Waals surface area contributed by atoms with E-state index >= 15 is 0 Å². The normalized spacial score (nSPS) is 14.9. The van der Waals surface area contributed by atoms with E-state index in [-0.39, 0.29) is 5.91 Å². The van der Waals surface area contributed by atoms with Crippen LogP contribution in [-0.4, -0.2) is 38.5 Å². The van der Waals surface area contributed by atoms with Crippen molar-refractivity contribution in [3.8, 4) is 0 Å². The van der Waals surface area contributed by atoms with Gasteiger partial charge in [0, 0.05) is 5.75 Å². The van der Waals surface area contributed by atoms with Gasteiger partial charge in [0.05, 0.1) is 12.3 Å². The van der Waals surface area contributed by atoms with Gasteiger partial charge in [-0.1, -0.05) is 34.9 Å². The monoisotopic (exact) mass is 274 g/mol. The molecule has 0 radical (unpaired) electrons. The largest absolute Gasteiger partial charge is 0.300 e. The Balaban J connectivity index is 1.76. The first-order valence-electron chi connectivity index (χ1n) is 4.64. The number of aromatic nitrogens is 2. The maximum atomic E-state index is 11.5. The molecule has 0 unspecified atom stereocenters. The van der Waals surface area contributed by atoms with Gasteiger partial charge in [-0.05, 0) is 6.92 Å². The molecule has 1 aromatic heterocycles. The molecule has 86 valence electrons. The van der Waals surface area contributed by atoms with Crippen molar-refractivity contribution < 1.29 is 4.79 Å². The number of nitrogens with zero attached hydrogens (tertiary/aromatic N) is 3. The predicted molar refractivity (Wildman–Crippen MR) is 70.5 cm³/mol. The Morgan fingerprint density at radius 1 is 1.56 bits per heavy atom. The first-order valence-corrected chi connectivity index (χ1v) is 7.43. The van der Waals surface area contributed by atoms with E-state index in [0.717, 1.165) is 21.7 Å². The highest BCUT2D eigenvalue weighted by Gasteiger charge is 2.11. The second kappa shape index (κ2) is 5.65. The van der Waals surface area contributed by atoms with Crippen LogP contribution in [0.4, 0.5) is 5.13 Å². The van der Waals surface area contributed by atoms with Gasteiger partial charge in [-0.25, -0.2) is 0 Å². The van der Waals surface area contributed by atoms with E-state index in [9.17, 15) is 4.79 Å². The maximum absolute atomic E-state index is 11.5. The summed E-state index contributed by atoms with van der Waals surface area (Å²) in [7, 11) is 0. The van der Waals surface area contributed by atoms with Crippen molar-refractivity contribution in [1.29, 1.82) is 0 Å². The minimum absolute atomic E-state index is 0.0589. The van der Waals surface area contributed by atoms with Gasteiger partial charge in [-0.15, -0.1) is 10.2 Å². The molecular weight excluding hydrogens is 264 g/mol. The molecule has 0 saturated carbocycles. The number of thioether (sulfide) groups is 2. The Labute approximate surface area is 106 Å². The van der Waals surface area contributed by atoms with E-state index < -0.39 is 0 Å². The number of nitrogens with one attached hydrogen (secondary N) is 1. The smallest absolute Gasteiger partial charge is 0.236 e. The van der Waals surface area contributed by atoms with Crippen LogP contribution in [0.15, 0.2) is 4.99 Å². The van der Waals surface area contributed by atoms with Gasteiger partial charge in [-0.3, -0.25) is 15.1 Å². The zero-order valence-corrected chi connectivity index (χ0v) is 11.0. The second-order valence-corrected chi connectivity index (χ2v) is 6.45. The van der Waals surface area contributed by atoms with Crippen LogP contribution in [0.1, 0.15) is 5.01 Å². The number of aryl methyl sites for hydroxylation is 1. The third-order valence-corrected chi connectivity index (χ3v) is 4.66. The molecule has 1 aliphatic rings. The van der Waals surface area contributed by atoms with Crippen molar-refractivity contribution in [2.45, 2.75) is 6.92 Å². The molecule has 5 nitrogen and oxygen atoms in total. The van der Waals surface area contributed by atoms with Crippen LogP contribution in [-0.2, 0) is 4.79 Å². The summed E-state index contributed by atoms with van der Waals surface area (Å²) in [6.07, 6.45) is 0. The summed E-state index contributed by atoms with van der Waals surface area (Å²) in [5, 5.41) is 11.8. The molecule has 0 bridgehead atoms. The lowest BCUT2D eigenvalue weighted by Gasteiger charge is -2.00. The van der Waals surface area contributed by atoms with Gasteiger partial charge >= 0.3 is 0 Å². The molecule has 2 heterocycles. The van der Waals surface area contributed by atoms with Crippen LogP contribution < -0.4 is 5.32 Å². The quantitative estimate of drug-likeness (QED) is 0.907. The molecule has 0 spiro atoms. The summed E-state index contributed by atoms with van der Waals surface area (Å²) in [6, 6.07) is 0. The third kappa shape index (κ3) is 3.46. The zero-order valence-electron chi connectivity index (χ0n) is 8.60. The lowest BCUT2D eigenvalue weighted by molar-refractivity contribution is -0.113. The SMILES string of the molecule is Cc1nnc(NC(=O)CSC2=NCCS2)s1. The fourth-order valence-corrected chi connectivity index (χ4v) is 3.45. The van der Waals surface area contributed by atoms with Crippen molar-refractivity contribution in [3.05, 3.63) is 5.01 Å². The predicted octanol–water partition coefficient (Wildman–Crippen LogP) is 1.62. The summed E-state index contributed by atoms with van der Waals surface area (Å²) in [4.78, 5) is 15.8. The number of aliphatic imine (C=N–C) groups is 1. The van der Waals surface area contributed by atoms with Crippen molar-refractivity contribution in [2.24, 2.45) is 4.99 Å². The molecule has 1 aliphatic heterocycles. The van der Waals surface area contributed by atoms with E-state index in [1.54, 1.807) is 11.8 Å². The molecule has 16 heavy (non-hydrogen) atoms. The van der Waals surface area contributed by atoms with Gasteiger partial charge in [0.1, 0.15) is 9.38 Å². The first-order chi connectivity index (χ1) is 7.74. The molecule has 1 amide bonds. The van der Waals surface area contributed by atoms with Gasteiger partial charge < -0.3 is 0 Å². The average molecular weight is 274 g/mol. The Morgan fingerprint density at radius 3 is 3.06 bits per heavy atom. The van der Waals surface area contributed by atoms with Gasteiger partial charge in [0.25, 0.3) is 0 Å². The van der Waals surface area contributed by atoms with E-state index in [2.05, 4.69) is 20.5 Å². The van der Waals surface area contributed by atoms with Crippen molar-refractivity contribution in [1.82, 2.24) is 10.2 Å². The maximum Gasteiger partial charge on any atom is 0.236 e. The van der Waals surface area contributed by atoms with Gasteiger partial charge in [-0.2, -0.15) is 0 Å². The molecule has 8 heteroatoms. The summed E-state index contributed by atoms with van der Waals surface area (Å²) < 4.78 is 1.00. The summed E-state index contributed by atoms with van der Waals surface area (Å²) in [5.41, 5.74) is 0. The van der Waals surface area contributed by atoms with Crippen molar-refractivity contribution >= 4 is 50.3 Å². The minimum atomic E-state index is -0.0589. The van der Waals surface area contributed by atoms with E-state index in [0.29, 0.717) is 10.9 Å². The van der Waals surface area contributed by atoms with Gasteiger partial charge in [0.15, 0.2) is 0 Å². The fraction of sp³-hybridized carbons (Fsp3) is 0.500. The number of hydrogen-bond acceptors (Lipinski definition) is 7. The number of carbonyl (C=O) groups is 1. The Bertz CT molecular complexity index is 417. The van der Waals surface area contributed by atoms with E-state index in [1.807, 2.05) is 6.92 Å². The highest BCUT2D eigenvalue weighted by molar-refractivity contribution is 8.39. The molecule has 0 aliphatic carbocycles. The van der Waals surface area contributed by atoms with Crippen LogP contribution in [0.2, 0.25) is 0 Å². The second-order valence-electron chi connectivity index (χ2n) is 2.96. The lowest BCUT2D eigenvalue weighted by atomic mass is 10.7. The average Bonchev–Trinajstić information content (AvgIpc) is 2.87. The highest BCUT2D eigenvalue weighted by Crippen LogP contribution is 2.22. The number of amides is 1. The number of rotatable bonds is 3. The lowest BCUT2D eigenvalue weighted by Crippen LogP contribution is -2.14. The zero-order chi connectivity index (χ0) is 11.4. The summed E-state index contributed by atoms with van der Waals surface area (Å²) in [6.45, 7) is 2.72. The first kappa shape index (κ1) is 11.9. The fourth-order valence-electron chi connectivity index (χ4n) is 1.03. The van der Waals surface area contributed by atoms with Gasteiger partial charge in [0.2, 0.25) is 11.0 Å². The van der Waals surface area contributed by atoms with Crippen LogP contribution in [0.5, 0.6) is 0 Å².